The van der Waals surface area contributed by atoms with Gasteiger partial charge in [-0.2, -0.15) is 35.1 Å². The molecule has 1 atom stereocenters. The molecule has 0 spiro atoms. The Morgan fingerprint density at radius 1 is 0.850 bits per heavy atom. The molecule has 0 bridgehead atoms. The van der Waals surface area contributed by atoms with Gasteiger partial charge in [0.1, 0.15) is 5.15 Å². The minimum Gasteiger partial charge on any atom is -0.322 e. The standard InChI is InChI=1S/C23H11Br2ClF9N3O2/c24-15-9-13(20(27,22(30,31)32)21(28,29)23(33,34)35)5-6-16(15)38(25)19(40)11-2-1-3-14(8-11)37-18(39)12-4-7-17(26)36-10-12/h1-10H,(H,37,39). The SMILES string of the molecule is O=C(Nc1cccc(C(=O)N(Br)c2ccc(C(F)(C(F)(F)F)C(F)(F)C(F)(F)F)cc2Br)c1)c1ccc(Cl)nc1. The molecule has 214 valence electrons. The smallest absolute Gasteiger partial charge is 0.322 e. The average Bonchev–Trinajstić information content (AvgIpc) is 2.86. The van der Waals surface area contributed by atoms with Crippen LogP contribution in [0.2, 0.25) is 5.15 Å². The predicted molar refractivity (Wildman–Crippen MR) is 133 cm³/mol. The van der Waals surface area contributed by atoms with Crippen molar-refractivity contribution in [2.45, 2.75) is 23.9 Å². The van der Waals surface area contributed by atoms with E-state index in [1.807, 2.05) is 0 Å². The van der Waals surface area contributed by atoms with Crippen molar-refractivity contribution in [2.24, 2.45) is 0 Å². The van der Waals surface area contributed by atoms with Crippen LogP contribution in [0.3, 0.4) is 0 Å². The second-order valence-electron chi connectivity index (χ2n) is 7.89. The van der Waals surface area contributed by atoms with Gasteiger partial charge in [-0.25, -0.2) is 13.3 Å². The molecule has 0 saturated carbocycles. The van der Waals surface area contributed by atoms with E-state index in [1.54, 1.807) is 0 Å². The normalized spacial score (nSPS) is 13.9. The molecule has 0 fully saturated rings. The van der Waals surface area contributed by atoms with Crippen LogP contribution in [-0.4, -0.2) is 35.1 Å². The van der Waals surface area contributed by atoms with Crippen LogP contribution in [0, 0.1) is 0 Å². The molecule has 0 aliphatic carbocycles. The molecular weight excluding hydrogens is 717 g/mol. The lowest BCUT2D eigenvalue weighted by Crippen LogP contribution is -2.59. The molecule has 0 radical (unpaired) electrons. The van der Waals surface area contributed by atoms with Crippen molar-refractivity contribution in [3.8, 4) is 0 Å². The van der Waals surface area contributed by atoms with Gasteiger partial charge in [-0.05, 0) is 58.4 Å². The van der Waals surface area contributed by atoms with Crippen molar-refractivity contribution >= 4 is 66.9 Å². The van der Waals surface area contributed by atoms with Crippen molar-refractivity contribution in [3.63, 3.8) is 0 Å². The zero-order valence-electron chi connectivity index (χ0n) is 19.0. The lowest BCUT2D eigenvalue weighted by Gasteiger charge is -2.36. The van der Waals surface area contributed by atoms with Gasteiger partial charge in [-0.1, -0.05) is 23.7 Å². The van der Waals surface area contributed by atoms with Crippen LogP contribution in [0.25, 0.3) is 0 Å². The van der Waals surface area contributed by atoms with Gasteiger partial charge in [0.15, 0.2) is 0 Å². The van der Waals surface area contributed by atoms with E-state index >= 15 is 0 Å². The number of nitrogens with one attached hydrogen (secondary N) is 1. The summed E-state index contributed by atoms with van der Waals surface area (Å²) in [6, 6.07) is 8.65. The number of alkyl halides is 9. The van der Waals surface area contributed by atoms with Crippen molar-refractivity contribution in [3.05, 3.63) is 87.1 Å². The topological polar surface area (TPSA) is 62.3 Å². The van der Waals surface area contributed by atoms with Crippen molar-refractivity contribution in [1.29, 1.82) is 0 Å². The summed E-state index contributed by atoms with van der Waals surface area (Å²) in [7, 11) is 0. The molecule has 40 heavy (non-hydrogen) atoms. The molecule has 3 aromatic rings. The number of aromatic nitrogens is 1. The number of carbonyl (C=O) groups is 2. The van der Waals surface area contributed by atoms with Crippen molar-refractivity contribution in [2.75, 3.05) is 9.24 Å². The fraction of sp³-hybridized carbons (Fsp3) is 0.174. The summed E-state index contributed by atoms with van der Waals surface area (Å²) in [6.07, 6.45) is -12.4. The molecule has 1 heterocycles. The van der Waals surface area contributed by atoms with Crippen LogP contribution < -0.4 is 9.24 Å². The lowest BCUT2D eigenvalue weighted by atomic mass is 9.87. The summed E-state index contributed by atoms with van der Waals surface area (Å²) in [5, 5.41) is 2.64. The maximum atomic E-state index is 14.8. The number of anilines is 2. The second kappa shape index (κ2) is 11.2. The Morgan fingerprint density at radius 2 is 1.50 bits per heavy atom. The van der Waals surface area contributed by atoms with Crippen molar-refractivity contribution < 1.29 is 49.1 Å². The van der Waals surface area contributed by atoms with Crippen LogP contribution in [0.5, 0.6) is 0 Å². The van der Waals surface area contributed by atoms with Gasteiger partial charge >= 0.3 is 23.9 Å². The predicted octanol–water partition coefficient (Wildman–Crippen LogP) is 8.63. The molecule has 0 aliphatic rings. The van der Waals surface area contributed by atoms with Gasteiger partial charge in [0, 0.05) is 27.5 Å². The largest absolute Gasteiger partial charge is 0.457 e. The fourth-order valence-electron chi connectivity index (χ4n) is 3.26. The lowest BCUT2D eigenvalue weighted by molar-refractivity contribution is -0.389. The monoisotopic (exact) mass is 725 g/mol. The highest BCUT2D eigenvalue weighted by Gasteiger charge is 2.81. The van der Waals surface area contributed by atoms with Gasteiger partial charge in [-0.15, -0.1) is 0 Å². The quantitative estimate of drug-likeness (QED) is 0.157. The Kier molecular flexibility index (Phi) is 8.87. The van der Waals surface area contributed by atoms with Gasteiger partial charge in [0.25, 0.3) is 11.8 Å². The maximum absolute atomic E-state index is 14.8. The zero-order valence-corrected chi connectivity index (χ0v) is 22.9. The Hall–Kier alpha value is -2.85. The summed E-state index contributed by atoms with van der Waals surface area (Å²) >= 11 is 11.2. The highest BCUT2D eigenvalue weighted by molar-refractivity contribution is 9.11. The van der Waals surface area contributed by atoms with Crippen molar-refractivity contribution in [1.82, 2.24) is 4.98 Å². The minimum absolute atomic E-state index is 0.0472. The molecule has 1 aromatic heterocycles. The Labute approximate surface area is 240 Å². The summed E-state index contributed by atoms with van der Waals surface area (Å²) in [5.41, 5.74) is -8.44. The van der Waals surface area contributed by atoms with E-state index < -0.39 is 45.8 Å². The van der Waals surface area contributed by atoms with E-state index in [9.17, 15) is 49.1 Å². The molecule has 5 nitrogen and oxygen atoms in total. The molecular formula is C23H11Br2ClF9N3O2. The Balaban J connectivity index is 1.91. The van der Waals surface area contributed by atoms with Gasteiger partial charge in [0.2, 0.25) is 0 Å². The fourth-order valence-corrected chi connectivity index (χ4v) is 4.68. The summed E-state index contributed by atoms with van der Waals surface area (Å²) in [6.45, 7) is 0. The van der Waals surface area contributed by atoms with E-state index in [1.165, 1.54) is 42.6 Å². The van der Waals surface area contributed by atoms with E-state index in [2.05, 4.69) is 42.4 Å². The van der Waals surface area contributed by atoms with Crippen LogP contribution in [0.1, 0.15) is 26.3 Å². The molecule has 0 saturated heterocycles. The number of hydrogen-bond donors (Lipinski definition) is 1. The van der Waals surface area contributed by atoms with E-state index in [-0.39, 0.29) is 39.8 Å². The number of pyridine rings is 1. The third kappa shape index (κ3) is 5.93. The van der Waals surface area contributed by atoms with E-state index in [0.29, 0.717) is 9.99 Å². The van der Waals surface area contributed by atoms with Crippen LogP contribution >= 0.6 is 43.7 Å². The Morgan fingerprint density at radius 3 is 2.02 bits per heavy atom. The average molecular weight is 728 g/mol. The van der Waals surface area contributed by atoms with Gasteiger partial charge in [-0.3, -0.25) is 9.59 Å². The van der Waals surface area contributed by atoms with Gasteiger partial charge < -0.3 is 5.32 Å². The third-order valence-corrected chi connectivity index (χ3v) is 6.83. The Bertz CT molecular complexity index is 1440. The minimum atomic E-state index is -6.88. The number of nitrogens with zero attached hydrogens (tertiary/aromatic N) is 2. The maximum Gasteiger partial charge on any atom is 0.457 e. The second-order valence-corrected chi connectivity index (χ2v) is 9.84. The van der Waals surface area contributed by atoms with Crippen LogP contribution in [-0.2, 0) is 5.67 Å². The van der Waals surface area contributed by atoms with Crippen LogP contribution in [0.4, 0.5) is 50.9 Å². The molecule has 3 rings (SSSR count). The highest BCUT2D eigenvalue weighted by atomic mass is 79.9. The first kappa shape index (κ1) is 31.7. The molecule has 17 heteroatoms. The number of benzene rings is 2. The zero-order chi connectivity index (χ0) is 30.3. The summed E-state index contributed by atoms with van der Waals surface area (Å²) in [4.78, 5) is 29.1. The molecule has 2 aromatic carbocycles. The summed E-state index contributed by atoms with van der Waals surface area (Å²) < 4.78 is 121. The van der Waals surface area contributed by atoms with E-state index in [4.69, 9.17) is 11.6 Å². The first-order valence-corrected chi connectivity index (χ1v) is 12.2. The number of hydrogen-bond acceptors (Lipinski definition) is 3. The molecule has 2 amide bonds. The first-order chi connectivity index (χ1) is 18.3. The number of amides is 2. The van der Waals surface area contributed by atoms with E-state index in [0.717, 1.165) is 0 Å². The van der Waals surface area contributed by atoms with Crippen LogP contribution in [0.15, 0.2) is 65.3 Å². The molecule has 1 N–H and O–H groups in total. The third-order valence-electron chi connectivity index (χ3n) is 5.27. The molecule has 1 unspecified atom stereocenters. The summed E-state index contributed by atoms with van der Waals surface area (Å²) in [5.74, 6) is -8.38. The number of rotatable bonds is 6. The van der Waals surface area contributed by atoms with Gasteiger partial charge in [0.05, 0.1) is 27.4 Å². The highest BCUT2D eigenvalue weighted by Crippen LogP contribution is 2.58. The number of halogens is 12. The number of carbonyl (C=O) groups excluding carboxylic acids is 2. The first-order valence-electron chi connectivity index (χ1n) is 10.3. The molecule has 0 aliphatic heterocycles.